The maximum atomic E-state index is 11.8. The second-order valence-corrected chi connectivity index (χ2v) is 4.19. The van der Waals surface area contributed by atoms with Crippen LogP contribution in [0.4, 0.5) is 11.4 Å². The predicted molar refractivity (Wildman–Crippen MR) is 85.0 cm³/mol. The lowest BCUT2D eigenvalue weighted by atomic mass is 10.2. The summed E-state index contributed by atoms with van der Waals surface area (Å²) in [7, 11) is 7.37. The van der Waals surface area contributed by atoms with Crippen LogP contribution in [0.25, 0.3) is 11.0 Å². The molecule has 110 valence electrons. The Hall–Kier alpha value is -1.37. The number of anilines is 2. The van der Waals surface area contributed by atoms with Gasteiger partial charge in [-0.3, -0.25) is 9.13 Å². The van der Waals surface area contributed by atoms with Gasteiger partial charge in [-0.25, -0.2) is 4.79 Å². The number of hydrogen-bond donors (Lipinski definition) is 1. The van der Waals surface area contributed by atoms with Crippen LogP contribution in [0.2, 0.25) is 0 Å². The van der Waals surface area contributed by atoms with Gasteiger partial charge >= 0.3 is 5.69 Å². The highest BCUT2D eigenvalue weighted by Crippen LogP contribution is 2.26. The number of imidazole rings is 1. The fraction of sp³-hybridized carbons (Fsp3) is 0.364. The van der Waals surface area contributed by atoms with Crippen molar-refractivity contribution in [2.24, 2.45) is 14.1 Å². The van der Waals surface area contributed by atoms with Crippen molar-refractivity contribution < 1.29 is 5.48 Å². The van der Waals surface area contributed by atoms with Gasteiger partial charge in [-0.2, -0.15) is 0 Å². The predicted octanol–water partition coefficient (Wildman–Crippen LogP) is 0.544. The van der Waals surface area contributed by atoms with Crippen LogP contribution in [0.5, 0.6) is 0 Å². The van der Waals surface area contributed by atoms with E-state index in [-0.39, 0.29) is 36.0 Å². The summed E-state index contributed by atoms with van der Waals surface area (Å²) < 4.78 is 3.23. The molecule has 1 aromatic heterocycles. The highest BCUT2D eigenvalue weighted by atomic mass is 35.5. The third-order valence-electron chi connectivity index (χ3n) is 2.90. The van der Waals surface area contributed by atoms with Crippen LogP contribution in [0, 0.1) is 0 Å². The maximum absolute atomic E-state index is 11.8. The molecule has 1 aromatic carbocycles. The summed E-state index contributed by atoms with van der Waals surface area (Å²) in [5, 5.41) is 0. The Balaban J connectivity index is 0. The summed E-state index contributed by atoms with van der Waals surface area (Å²) >= 11 is 0. The van der Waals surface area contributed by atoms with E-state index in [1.54, 1.807) is 23.2 Å². The van der Waals surface area contributed by atoms with Crippen molar-refractivity contribution in [3.05, 3.63) is 22.6 Å². The Bertz CT molecular complexity index is 619. The number of benzene rings is 1. The molecule has 0 radical (unpaired) electrons. The van der Waals surface area contributed by atoms with E-state index in [0.717, 1.165) is 16.7 Å². The van der Waals surface area contributed by atoms with Crippen molar-refractivity contribution in [1.29, 1.82) is 0 Å². The van der Waals surface area contributed by atoms with Crippen molar-refractivity contribution in [2.75, 3.05) is 24.7 Å². The first kappa shape index (κ1) is 20.0. The Morgan fingerprint density at radius 2 is 1.47 bits per heavy atom. The number of nitrogens with two attached hydrogens (primary N) is 1. The van der Waals surface area contributed by atoms with E-state index in [0.29, 0.717) is 5.69 Å². The zero-order chi connectivity index (χ0) is 12.0. The van der Waals surface area contributed by atoms with Crippen LogP contribution in [-0.4, -0.2) is 28.7 Å². The molecule has 0 unspecified atom stereocenters. The lowest BCUT2D eigenvalue weighted by molar-refractivity contribution is 0.795. The van der Waals surface area contributed by atoms with Gasteiger partial charge in [0.05, 0.1) is 22.4 Å². The number of halogens is 2. The minimum absolute atomic E-state index is 0. The largest absolute Gasteiger partial charge is 0.412 e. The van der Waals surface area contributed by atoms with Gasteiger partial charge in [0.2, 0.25) is 0 Å². The first-order valence-electron chi connectivity index (χ1n) is 5.05. The highest BCUT2D eigenvalue weighted by molar-refractivity contribution is 5.87. The summed E-state index contributed by atoms with van der Waals surface area (Å²) in [5.74, 6) is 0. The summed E-state index contributed by atoms with van der Waals surface area (Å²) in [5.41, 5.74) is 9.27. The smallest absolute Gasteiger partial charge is 0.328 e. The number of fused-ring (bicyclic) bond motifs is 1. The molecule has 0 aliphatic heterocycles. The van der Waals surface area contributed by atoms with E-state index in [9.17, 15) is 4.79 Å². The molecule has 1 heterocycles. The van der Waals surface area contributed by atoms with E-state index in [2.05, 4.69) is 0 Å². The fourth-order valence-electron chi connectivity index (χ4n) is 1.94. The van der Waals surface area contributed by atoms with Gasteiger partial charge in [-0.05, 0) is 12.1 Å². The van der Waals surface area contributed by atoms with Gasteiger partial charge in [0.1, 0.15) is 0 Å². The second kappa shape index (κ2) is 6.70. The summed E-state index contributed by atoms with van der Waals surface area (Å²) in [4.78, 5) is 13.7. The molecular formula is C11H20Cl2N4O2. The van der Waals surface area contributed by atoms with E-state index in [4.69, 9.17) is 5.73 Å². The Morgan fingerprint density at radius 1 is 1.05 bits per heavy atom. The number of hydrogen-bond acceptors (Lipinski definition) is 3. The summed E-state index contributed by atoms with van der Waals surface area (Å²) in [6, 6.07) is 3.78. The molecule has 0 aliphatic rings. The molecule has 0 amide bonds. The van der Waals surface area contributed by atoms with Crippen LogP contribution in [0.15, 0.2) is 16.9 Å². The Labute approximate surface area is 123 Å². The van der Waals surface area contributed by atoms with Crippen LogP contribution < -0.4 is 16.3 Å². The molecule has 0 fully saturated rings. The molecule has 19 heavy (non-hydrogen) atoms. The van der Waals surface area contributed by atoms with Crippen molar-refractivity contribution in [3.63, 3.8) is 0 Å². The average molecular weight is 311 g/mol. The Kier molecular flexibility index (Phi) is 7.03. The molecule has 2 rings (SSSR count). The van der Waals surface area contributed by atoms with Crippen molar-refractivity contribution in [2.45, 2.75) is 0 Å². The first-order valence-corrected chi connectivity index (χ1v) is 5.05. The standard InChI is InChI=1S/C11H16N4O.2ClH.H2O/c1-13(2)8-6-10-9(5-7(8)12)14(3)11(16)15(10)4;;;/h5-6H,12H2,1-4H3;2*1H;1H2. The molecule has 0 bridgehead atoms. The van der Waals surface area contributed by atoms with E-state index in [1.165, 1.54) is 0 Å². The highest BCUT2D eigenvalue weighted by Gasteiger charge is 2.11. The number of aryl methyl sites for hydroxylation is 2. The normalized spacial score (nSPS) is 9.26. The van der Waals surface area contributed by atoms with Crippen molar-refractivity contribution in [1.82, 2.24) is 9.13 Å². The molecule has 4 N–H and O–H groups in total. The van der Waals surface area contributed by atoms with Crippen molar-refractivity contribution >= 4 is 47.2 Å². The first-order chi connectivity index (χ1) is 7.43. The number of rotatable bonds is 1. The molecule has 2 aromatic rings. The SMILES string of the molecule is CN(C)c1cc2c(cc1N)n(C)c(=O)n2C.Cl.Cl.O. The molecule has 0 saturated carbocycles. The topological polar surface area (TPSA) is 87.7 Å². The van der Waals surface area contributed by atoms with Crippen LogP contribution in [-0.2, 0) is 14.1 Å². The van der Waals surface area contributed by atoms with E-state index in [1.807, 2.05) is 31.1 Å². The number of nitrogen functional groups attached to an aromatic ring is 1. The summed E-state index contributed by atoms with van der Waals surface area (Å²) in [6.45, 7) is 0. The Morgan fingerprint density at radius 3 is 1.89 bits per heavy atom. The molecule has 0 saturated heterocycles. The molecule has 0 aliphatic carbocycles. The molecule has 0 spiro atoms. The minimum Gasteiger partial charge on any atom is -0.412 e. The lowest BCUT2D eigenvalue weighted by Gasteiger charge is -2.15. The quantitative estimate of drug-likeness (QED) is 0.780. The van der Waals surface area contributed by atoms with Gasteiger partial charge in [0, 0.05) is 28.2 Å². The molecule has 8 heteroatoms. The fourth-order valence-corrected chi connectivity index (χ4v) is 1.94. The molecule has 0 atom stereocenters. The number of aromatic nitrogens is 2. The van der Waals surface area contributed by atoms with Gasteiger partial charge in [-0.15, -0.1) is 24.8 Å². The van der Waals surface area contributed by atoms with Crippen LogP contribution in [0.3, 0.4) is 0 Å². The number of nitrogens with zero attached hydrogens (tertiary/aromatic N) is 3. The van der Waals surface area contributed by atoms with Gasteiger partial charge in [-0.1, -0.05) is 0 Å². The van der Waals surface area contributed by atoms with Crippen molar-refractivity contribution in [3.8, 4) is 0 Å². The second-order valence-electron chi connectivity index (χ2n) is 4.19. The monoisotopic (exact) mass is 310 g/mol. The van der Waals surface area contributed by atoms with E-state index >= 15 is 0 Å². The lowest BCUT2D eigenvalue weighted by Crippen LogP contribution is -2.19. The third-order valence-corrected chi connectivity index (χ3v) is 2.90. The minimum atomic E-state index is -0.0368. The average Bonchev–Trinajstić information content (AvgIpc) is 2.43. The maximum Gasteiger partial charge on any atom is 0.328 e. The third kappa shape index (κ3) is 2.97. The van der Waals surface area contributed by atoms with Crippen LogP contribution >= 0.6 is 24.8 Å². The van der Waals surface area contributed by atoms with Gasteiger partial charge in [0.25, 0.3) is 0 Å². The van der Waals surface area contributed by atoms with Crippen LogP contribution in [0.1, 0.15) is 0 Å². The summed E-state index contributed by atoms with van der Waals surface area (Å²) in [6.07, 6.45) is 0. The molecular weight excluding hydrogens is 291 g/mol. The van der Waals surface area contributed by atoms with Gasteiger partial charge < -0.3 is 16.1 Å². The zero-order valence-corrected chi connectivity index (χ0v) is 12.9. The molecule has 6 nitrogen and oxygen atoms in total. The zero-order valence-electron chi connectivity index (χ0n) is 11.3. The van der Waals surface area contributed by atoms with E-state index < -0.39 is 0 Å². The van der Waals surface area contributed by atoms with Gasteiger partial charge in [0.15, 0.2) is 0 Å².